The van der Waals surface area contributed by atoms with E-state index in [1.165, 1.54) is 13.2 Å². The van der Waals surface area contributed by atoms with Crippen molar-refractivity contribution >= 4 is 5.69 Å². The molecule has 17 heavy (non-hydrogen) atoms. The van der Waals surface area contributed by atoms with Gasteiger partial charge in [0, 0.05) is 17.2 Å². The molecule has 1 aliphatic carbocycles. The minimum absolute atomic E-state index is 0.0119. The fourth-order valence-electron chi connectivity index (χ4n) is 2.09. The number of hydrogen-bond acceptors (Lipinski definition) is 4. The molecule has 2 N–H and O–H groups in total. The fourth-order valence-corrected chi connectivity index (χ4v) is 2.09. The first-order chi connectivity index (χ1) is 7.98. The van der Waals surface area contributed by atoms with Crippen molar-refractivity contribution in [1.29, 1.82) is 0 Å². The minimum Gasteiger partial charge on any atom is -0.493 e. The average Bonchev–Trinajstić information content (AvgIpc) is 2.24. The van der Waals surface area contributed by atoms with Crippen molar-refractivity contribution in [3.05, 3.63) is 33.6 Å². The quantitative estimate of drug-likeness (QED) is 0.648. The lowest BCUT2D eigenvalue weighted by Gasteiger charge is -2.39. The molecule has 0 unspecified atom stereocenters. The number of non-ortho nitro benzene ring substituents is 1. The Balaban J connectivity index is 2.58. The van der Waals surface area contributed by atoms with Gasteiger partial charge in [0.2, 0.25) is 0 Å². The summed E-state index contributed by atoms with van der Waals surface area (Å²) in [7, 11) is 1.33. The molecular formula is C11H13FN2O3. The van der Waals surface area contributed by atoms with Gasteiger partial charge in [0.25, 0.3) is 5.69 Å². The van der Waals surface area contributed by atoms with Crippen molar-refractivity contribution in [2.24, 2.45) is 5.73 Å². The van der Waals surface area contributed by atoms with E-state index in [0.29, 0.717) is 18.4 Å². The van der Waals surface area contributed by atoms with E-state index < -0.39 is 16.3 Å². The molecule has 0 aliphatic heterocycles. The molecule has 1 aromatic carbocycles. The van der Waals surface area contributed by atoms with Crippen LogP contribution in [0, 0.1) is 15.9 Å². The molecule has 1 aliphatic rings. The second-order valence-corrected chi connectivity index (χ2v) is 4.28. The molecule has 0 radical (unpaired) electrons. The molecule has 92 valence electrons. The third-order valence-electron chi connectivity index (χ3n) is 3.23. The van der Waals surface area contributed by atoms with Crippen LogP contribution in [0.25, 0.3) is 0 Å². The monoisotopic (exact) mass is 240 g/mol. The highest BCUT2D eigenvalue weighted by Gasteiger charge is 2.39. The number of methoxy groups -OCH3 is 1. The van der Waals surface area contributed by atoms with Gasteiger partial charge in [-0.25, -0.2) is 4.39 Å². The van der Waals surface area contributed by atoms with Crippen molar-refractivity contribution in [1.82, 2.24) is 0 Å². The van der Waals surface area contributed by atoms with Gasteiger partial charge >= 0.3 is 0 Å². The second-order valence-electron chi connectivity index (χ2n) is 4.28. The maximum atomic E-state index is 13.7. The summed E-state index contributed by atoms with van der Waals surface area (Å²) in [6.45, 7) is 0. The minimum atomic E-state index is -0.742. The zero-order chi connectivity index (χ0) is 12.6. The van der Waals surface area contributed by atoms with Crippen LogP contribution in [0.5, 0.6) is 5.75 Å². The van der Waals surface area contributed by atoms with Crippen molar-refractivity contribution in [2.45, 2.75) is 24.8 Å². The van der Waals surface area contributed by atoms with Crippen molar-refractivity contribution in [3.8, 4) is 5.75 Å². The fraction of sp³-hybridized carbons (Fsp3) is 0.455. The maximum Gasteiger partial charge on any atom is 0.272 e. The van der Waals surface area contributed by atoms with Crippen LogP contribution in [0.3, 0.4) is 0 Å². The standard InChI is InChI=1S/C11H13FN2O3/c1-17-10-8(11(13)3-2-4-11)5-7(14(15)16)6-9(10)12/h5-6H,2-4,13H2,1H3. The largest absolute Gasteiger partial charge is 0.493 e. The Labute approximate surface area is 97.5 Å². The van der Waals surface area contributed by atoms with E-state index in [1.54, 1.807) is 0 Å². The van der Waals surface area contributed by atoms with Crippen LogP contribution in [0.4, 0.5) is 10.1 Å². The molecule has 0 spiro atoms. The molecule has 0 saturated heterocycles. The van der Waals surface area contributed by atoms with Gasteiger partial charge in [-0.2, -0.15) is 0 Å². The first-order valence-electron chi connectivity index (χ1n) is 5.29. The summed E-state index contributed by atoms with van der Waals surface area (Å²) in [4.78, 5) is 10.1. The van der Waals surface area contributed by atoms with E-state index in [1.807, 2.05) is 0 Å². The Bertz CT molecular complexity index is 472. The SMILES string of the molecule is COc1c(F)cc([N+](=O)[O-])cc1C1(N)CCC1. The topological polar surface area (TPSA) is 78.4 Å². The number of benzene rings is 1. The molecule has 0 heterocycles. The summed E-state index contributed by atoms with van der Waals surface area (Å²) in [5, 5.41) is 10.7. The number of nitro benzene ring substituents is 1. The number of hydrogen-bond donors (Lipinski definition) is 1. The van der Waals surface area contributed by atoms with Gasteiger partial charge in [-0.05, 0) is 19.3 Å². The lowest BCUT2D eigenvalue weighted by atomic mass is 9.72. The van der Waals surface area contributed by atoms with Crippen LogP contribution >= 0.6 is 0 Å². The van der Waals surface area contributed by atoms with Gasteiger partial charge in [-0.15, -0.1) is 0 Å². The molecule has 5 nitrogen and oxygen atoms in total. The molecule has 1 fully saturated rings. The number of rotatable bonds is 3. The van der Waals surface area contributed by atoms with E-state index in [2.05, 4.69) is 0 Å². The first-order valence-corrected chi connectivity index (χ1v) is 5.29. The van der Waals surface area contributed by atoms with Gasteiger partial charge in [0.1, 0.15) is 0 Å². The van der Waals surface area contributed by atoms with Gasteiger partial charge < -0.3 is 10.5 Å². The third-order valence-corrected chi connectivity index (χ3v) is 3.23. The summed E-state index contributed by atoms with van der Waals surface area (Å²) in [5.74, 6) is -0.730. The van der Waals surface area contributed by atoms with Crippen LogP contribution < -0.4 is 10.5 Å². The van der Waals surface area contributed by atoms with Gasteiger partial charge in [-0.1, -0.05) is 0 Å². The van der Waals surface area contributed by atoms with Gasteiger partial charge in [0.15, 0.2) is 11.6 Å². The van der Waals surface area contributed by atoms with Crippen molar-refractivity contribution in [3.63, 3.8) is 0 Å². The normalized spacial score (nSPS) is 17.4. The number of halogens is 1. The van der Waals surface area contributed by atoms with Crippen LogP contribution in [0.2, 0.25) is 0 Å². The lowest BCUT2D eigenvalue weighted by molar-refractivity contribution is -0.385. The van der Waals surface area contributed by atoms with E-state index in [-0.39, 0.29) is 11.4 Å². The number of nitro groups is 1. The molecule has 1 aromatic rings. The molecule has 0 amide bonds. The zero-order valence-corrected chi connectivity index (χ0v) is 9.40. The number of nitrogens with two attached hydrogens (primary N) is 1. The van der Waals surface area contributed by atoms with E-state index >= 15 is 0 Å². The Morgan fingerprint density at radius 2 is 2.18 bits per heavy atom. The zero-order valence-electron chi connectivity index (χ0n) is 9.40. The first kappa shape index (κ1) is 11.8. The second kappa shape index (κ2) is 3.96. The van der Waals surface area contributed by atoms with Crippen LogP contribution in [-0.4, -0.2) is 12.0 Å². The van der Waals surface area contributed by atoms with E-state index in [9.17, 15) is 14.5 Å². The average molecular weight is 240 g/mol. The summed E-state index contributed by atoms with van der Waals surface area (Å²) < 4.78 is 18.6. The molecule has 2 rings (SSSR count). The summed E-state index contributed by atoms with van der Waals surface area (Å²) >= 11 is 0. The maximum absolute atomic E-state index is 13.7. The van der Waals surface area contributed by atoms with Crippen molar-refractivity contribution < 1.29 is 14.1 Å². The predicted octanol–water partition coefficient (Wildman–Crippen LogP) is 2.08. The molecular weight excluding hydrogens is 227 g/mol. The van der Waals surface area contributed by atoms with Crippen LogP contribution in [-0.2, 0) is 5.54 Å². The third kappa shape index (κ3) is 1.84. The van der Waals surface area contributed by atoms with Crippen molar-refractivity contribution in [2.75, 3.05) is 7.11 Å². The van der Waals surface area contributed by atoms with Gasteiger partial charge in [-0.3, -0.25) is 10.1 Å². The Morgan fingerprint density at radius 1 is 1.53 bits per heavy atom. The number of nitrogens with zero attached hydrogens (tertiary/aromatic N) is 1. The predicted molar refractivity (Wildman–Crippen MR) is 59.3 cm³/mol. The highest BCUT2D eigenvalue weighted by molar-refractivity contribution is 5.49. The molecule has 6 heteroatoms. The highest BCUT2D eigenvalue weighted by atomic mass is 19.1. The molecule has 0 atom stereocenters. The Hall–Kier alpha value is -1.69. The summed E-state index contributed by atoms with van der Waals surface area (Å²) in [6.07, 6.45) is 2.30. The van der Waals surface area contributed by atoms with Crippen LogP contribution in [0.1, 0.15) is 24.8 Å². The summed E-state index contributed by atoms with van der Waals surface area (Å²) in [6, 6.07) is 2.16. The molecule has 1 saturated carbocycles. The highest BCUT2D eigenvalue weighted by Crippen LogP contribution is 2.44. The van der Waals surface area contributed by atoms with E-state index in [4.69, 9.17) is 10.5 Å². The Kier molecular flexibility index (Phi) is 2.74. The summed E-state index contributed by atoms with van der Waals surface area (Å²) in [5.41, 5.74) is 5.46. The molecule has 0 aromatic heterocycles. The van der Waals surface area contributed by atoms with E-state index in [0.717, 1.165) is 12.5 Å². The Morgan fingerprint density at radius 3 is 2.59 bits per heavy atom. The lowest BCUT2D eigenvalue weighted by Crippen LogP contribution is -2.43. The smallest absolute Gasteiger partial charge is 0.272 e. The molecule has 0 bridgehead atoms. The van der Waals surface area contributed by atoms with Gasteiger partial charge in [0.05, 0.1) is 18.1 Å². The number of ether oxygens (including phenoxy) is 1. The van der Waals surface area contributed by atoms with Crippen LogP contribution in [0.15, 0.2) is 12.1 Å².